The highest BCUT2D eigenvalue weighted by atomic mass is 16.3. The third-order valence-electron chi connectivity index (χ3n) is 6.63. The molecule has 1 aromatic heterocycles. The van der Waals surface area contributed by atoms with Gasteiger partial charge in [0.05, 0.1) is 19.2 Å². The Morgan fingerprint density at radius 2 is 1.08 bits per heavy atom. The zero-order valence-electron chi connectivity index (χ0n) is 33.0. The van der Waals surface area contributed by atoms with Gasteiger partial charge < -0.3 is 4.42 Å². The minimum absolute atomic E-state index is 0.0273. The van der Waals surface area contributed by atoms with Crippen LogP contribution in [0.25, 0.3) is 76.5 Å². The average Bonchev–Trinajstić information content (AvgIpc) is 3.53. The van der Waals surface area contributed by atoms with E-state index in [0.29, 0.717) is 32.7 Å². The Morgan fingerprint density at radius 3 is 1.76 bits per heavy atom. The maximum absolute atomic E-state index is 9.31. The summed E-state index contributed by atoms with van der Waals surface area (Å²) in [6, 6.07) is 6.96. The molecule has 1 heterocycles. The lowest BCUT2D eigenvalue weighted by Crippen LogP contribution is -1.91. The number of rotatable bonds is 2. The molecular weight excluding hydrogens is 448 g/mol. The van der Waals surface area contributed by atoms with Crippen LogP contribution in [0.4, 0.5) is 0 Å². The maximum atomic E-state index is 9.31. The van der Waals surface area contributed by atoms with Crippen LogP contribution in [-0.4, -0.2) is 0 Å². The molecule has 172 valence electrons. The highest BCUT2D eigenvalue weighted by Crippen LogP contribution is 2.47. The summed E-state index contributed by atoms with van der Waals surface area (Å²) in [4.78, 5) is 0. The van der Waals surface area contributed by atoms with E-state index < -0.39 is 84.6 Å². The van der Waals surface area contributed by atoms with Crippen LogP contribution in [-0.2, 0) is 0 Å². The lowest BCUT2D eigenvalue weighted by atomic mass is 9.85. The zero-order chi connectivity index (χ0) is 36.5. The van der Waals surface area contributed by atoms with Gasteiger partial charge in [-0.05, 0) is 72.7 Å². The molecule has 0 saturated carbocycles. The van der Waals surface area contributed by atoms with Crippen molar-refractivity contribution in [1.29, 1.82) is 0 Å². The fourth-order valence-electron chi connectivity index (χ4n) is 5.15. The molecule has 0 aliphatic rings. The van der Waals surface area contributed by atoms with Gasteiger partial charge in [-0.25, -0.2) is 0 Å². The standard InChI is InChI=1S/C36H22O/c1-2-11-23(12-3-1)34-26-15-6-8-17-28(26)35(29-18-9-7-16-27(29)34)30-19-10-20-32-36(30)31-21-24-13-4-5-14-25(24)22-33(31)37-32/h1-22H/i1D,2D,3D,4D,5D,10D,11D,12D,13D,14D,19D,20D,21D,22D. The Balaban J connectivity index is 1.65. The molecule has 0 radical (unpaired) electrons. The van der Waals surface area contributed by atoms with Gasteiger partial charge in [-0.15, -0.1) is 0 Å². The van der Waals surface area contributed by atoms with Crippen molar-refractivity contribution in [3.05, 3.63) is 133 Å². The highest BCUT2D eigenvalue weighted by molar-refractivity contribution is 6.26. The van der Waals surface area contributed by atoms with Crippen molar-refractivity contribution in [2.24, 2.45) is 0 Å². The molecule has 0 fully saturated rings. The fourth-order valence-corrected chi connectivity index (χ4v) is 5.15. The average molecular weight is 485 g/mol. The van der Waals surface area contributed by atoms with Crippen molar-refractivity contribution in [2.75, 3.05) is 0 Å². The predicted octanol–water partition coefficient (Wildman–Crippen LogP) is 10.4. The molecule has 0 aliphatic carbocycles. The molecule has 0 unspecified atom stereocenters. The fraction of sp³-hybridized carbons (Fsp3) is 0. The number of fused-ring (bicyclic) bond motifs is 6. The second-order valence-corrected chi connectivity index (χ2v) is 8.60. The molecule has 37 heavy (non-hydrogen) atoms. The molecule has 0 N–H and O–H groups in total. The molecule has 0 bridgehead atoms. The van der Waals surface area contributed by atoms with E-state index in [4.69, 9.17) is 20.9 Å². The Labute approximate surface area is 233 Å². The van der Waals surface area contributed by atoms with Crippen molar-refractivity contribution < 1.29 is 23.6 Å². The molecule has 1 heteroatoms. The third kappa shape index (κ3) is 2.98. The van der Waals surface area contributed by atoms with Gasteiger partial charge in [-0.2, -0.15) is 0 Å². The summed E-state index contributed by atoms with van der Waals surface area (Å²) in [7, 11) is 0. The van der Waals surface area contributed by atoms with Gasteiger partial charge in [0.15, 0.2) is 0 Å². The van der Waals surface area contributed by atoms with E-state index in [1.165, 1.54) is 0 Å². The Bertz CT molecular complexity index is 2830. The summed E-state index contributed by atoms with van der Waals surface area (Å²) >= 11 is 0. The van der Waals surface area contributed by atoms with E-state index in [-0.39, 0.29) is 43.8 Å². The first-order valence-electron chi connectivity index (χ1n) is 18.6. The number of benzene rings is 7. The van der Waals surface area contributed by atoms with E-state index in [9.17, 15) is 2.74 Å². The van der Waals surface area contributed by atoms with Crippen LogP contribution in [0.1, 0.15) is 19.2 Å². The molecule has 8 aromatic rings. The van der Waals surface area contributed by atoms with Crippen LogP contribution >= 0.6 is 0 Å². The SMILES string of the molecule is [2H]c1c([2H])c([2H])c(-c2c3ccccc3c(-c3c([2H])c([2H])c([2H])c4oc5c([2H])c6c([2H])c([2H])c([2H])c([2H])c6c([2H])c5c34)c3ccccc23)c([2H])c1[2H]. The number of furan rings is 1. The molecule has 0 saturated heterocycles. The van der Waals surface area contributed by atoms with Crippen LogP contribution in [0.2, 0.25) is 0 Å². The van der Waals surface area contributed by atoms with E-state index in [1.807, 2.05) is 0 Å². The Hall–Kier alpha value is -4.88. The van der Waals surface area contributed by atoms with E-state index in [1.54, 1.807) is 48.5 Å². The molecule has 0 atom stereocenters. The van der Waals surface area contributed by atoms with Gasteiger partial charge in [0, 0.05) is 10.8 Å². The highest BCUT2D eigenvalue weighted by Gasteiger charge is 2.20. The Kier molecular flexibility index (Phi) is 2.33. The molecule has 7 aromatic carbocycles. The van der Waals surface area contributed by atoms with Crippen molar-refractivity contribution in [3.63, 3.8) is 0 Å². The van der Waals surface area contributed by atoms with Crippen LogP contribution in [0, 0.1) is 0 Å². The van der Waals surface area contributed by atoms with Gasteiger partial charge in [-0.1, -0.05) is 115 Å². The van der Waals surface area contributed by atoms with E-state index in [0.717, 1.165) is 0 Å². The van der Waals surface area contributed by atoms with Crippen LogP contribution in [0.5, 0.6) is 0 Å². The first-order chi connectivity index (χ1) is 24.2. The summed E-state index contributed by atoms with van der Waals surface area (Å²) in [6.45, 7) is 0. The molecular formula is C36H22O. The third-order valence-corrected chi connectivity index (χ3v) is 6.63. The summed E-state index contributed by atoms with van der Waals surface area (Å²) in [5, 5.41) is 1.34. The van der Waals surface area contributed by atoms with Crippen molar-refractivity contribution in [2.45, 2.75) is 0 Å². The van der Waals surface area contributed by atoms with Gasteiger partial charge in [0.25, 0.3) is 0 Å². The monoisotopic (exact) mass is 484 g/mol. The van der Waals surface area contributed by atoms with Gasteiger partial charge in [0.2, 0.25) is 0 Å². The lowest BCUT2D eigenvalue weighted by molar-refractivity contribution is 0.669. The normalized spacial score (nSPS) is 17.1. The summed E-state index contributed by atoms with van der Waals surface area (Å²) in [5.41, 5.74) is 0.303. The van der Waals surface area contributed by atoms with E-state index >= 15 is 0 Å². The summed E-state index contributed by atoms with van der Waals surface area (Å²) < 4.78 is 128. The lowest BCUT2D eigenvalue weighted by Gasteiger charge is -2.18. The largest absolute Gasteiger partial charge is 0.456 e. The minimum atomic E-state index is -0.594. The van der Waals surface area contributed by atoms with Crippen molar-refractivity contribution in [1.82, 2.24) is 0 Å². The predicted molar refractivity (Wildman–Crippen MR) is 157 cm³/mol. The minimum Gasteiger partial charge on any atom is -0.456 e. The summed E-state index contributed by atoms with van der Waals surface area (Å²) in [6.07, 6.45) is 0. The number of hydrogen-bond acceptors (Lipinski definition) is 1. The molecule has 0 spiro atoms. The van der Waals surface area contributed by atoms with Crippen molar-refractivity contribution >= 4 is 54.3 Å². The van der Waals surface area contributed by atoms with Crippen LogP contribution in [0.3, 0.4) is 0 Å². The van der Waals surface area contributed by atoms with Gasteiger partial charge >= 0.3 is 0 Å². The first-order valence-corrected chi connectivity index (χ1v) is 11.6. The summed E-state index contributed by atoms with van der Waals surface area (Å²) in [5.74, 6) is 0. The molecule has 8 rings (SSSR count). The maximum Gasteiger partial charge on any atom is 0.136 e. The molecule has 0 amide bonds. The van der Waals surface area contributed by atoms with Crippen LogP contribution in [0.15, 0.2) is 138 Å². The smallest absolute Gasteiger partial charge is 0.136 e. The topological polar surface area (TPSA) is 13.1 Å². The van der Waals surface area contributed by atoms with E-state index in [2.05, 4.69) is 0 Å². The van der Waals surface area contributed by atoms with Crippen molar-refractivity contribution in [3.8, 4) is 22.3 Å². The molecule has 1 nitrogen and oxygen atoms in total. The number of hydrogen-bond donors (Lipinski definition) is 0. The van der Waals surface area contributed by atoms with Crippen LogP contribution < -0.4 is 0 Å². The second-order valence-electron chi connectivity index (χ2n) is 8.60. The first kappa shape index (κ1) is 11.0. The Morgan fingerprint density at radius 1 is 0.486 bits per heavy atom. The second kappa shape index (κ2) is 7.81. The molecule has 0 aliphatic heterocycles. The van der Waals surface area contributed by atoms with Gasteiger partial charge in [0.1, 0.15) is 11.2 Å². The quantitative estimate of drug-likeness (QED) is 0.222. The van der Waals surface area contributed by atoms with Gasteiger partial charge in [-0.3, -0.25) is 0 Å². The zero-order valence-corrected chi connectivity index (χ0v) is 19.0.